The second kappa shape index (κ2) is 11.5. The van der Waals surface area contributed by atoms with Gasteiger partial charge in [0.15, 0.2) is 0 Å². The highest BCUT2D eigenvalue weighted by molar-refractivity contribution is 5.98. The predicted molar refractivity (Wildman–Crippen MR) is 173 cm³/mol. The number of carbonyl (C=O) groups is 1. The molecule has 1 amide bonds. The first-order valence-corrected chi connectivity index (χ1v) is 15.4. The fraction of sp³-hybridized carbons (Fsp3) is 0.441. The van der Waals surface area contributed by atoms with Crippen molar-refractivity contribution in [3.63, 3.8) is 0 Å². The van der Waals surface area contributed by atoms with Crippen molar-refractivity contribution < 1.29 is 18.3 Å². The Morgan fingerprint density at radius 3 is 2.36 bits per heavy atom. The zero-order valence-corrected chi connectivity index (χ0v) is 26.7. The summed E-state index contributed by atoms with van der Waals surface area (Å²) in [7, 11) is 3.54. The van der Waals surface area contributed by atoms with Crippen molar-refractivity contribution in [1.82, 2.24) is 19.2 Å². The number of piperazine rings is 1. The molecule has 1 fully saturated rings. The minimum atomic E-state index is -2.67. The molecule has 1 saturated heterocycles. The quantitative estimate of drug-likeness (QED) is 0.266. The van der Waals surface area contributed by atoms with Gasteiger partial charge in [0.25, 0.3) is 12.0 Å². The number of nitrogens with zero attached hydrogens (tertiary/aromatic N) is 6. The number of pyridine rings is 1. The van der Waals surface area contributed by atoms with Gasteiger partial charge in [-0.1, -0.05) is 0 Å². The predicted octanol–water partition coefficient (Wildman–Crippen LogP) is 6.33. The van der Waals surface area contributed by atoms with Crippen LogP contribution in [-0.4, -0.2) is 63.7 Å². The summed E-state index contributed by atoms with van der Waals surface area (Å²) < 4.78 is 38.0. The second-order valence-corrected chi connectivity index (χ2v) is 13.1. The highest BCUT2D eigenvalue weighted by atomic mass is 19.3. The van der Waals surface area contributed by atoms with Gasteiger partial charge in [-0.25, -0.2) is 13.6 Å². The van der Waals surface area contributed by atoms with Gasteiger partial charge in [0.2, 0.25) is 0 Å². The number of ether oxygens (including phenoxy) is 1. The first-order valence-electron chi connectivity index (χ1n) is 15.4. The normalized spacial score (nSPS) is 15.6. The number of halogens is 2. The van der Waals surface area contributed by atoms with E-state index >= 15 is 0 Å². The number of rotatable bonds is 4. The van der Waals surface area contributed by atoms with Crippen LogP contribution in [0, 0.1) is 6.92 Å². The van der Waals surface area contributed by atoms with E-state index in [1.165, 1.54) is 0 Å². The van der Waals surface area contributed by atoms with Crippen LogP contribution in [-0.2, 0) is 25.3 Å². The molecule has 4 heterocycles. The van der Waals surface area contributed by atoms with Gasteiger partial charge in [0, 0.05) is 86.5 Å². The summed E-state index contributed by atoms with van der Waals surface area (Å²) in [5.41, 5.74) is 5.38. The molecular formula is C34H40F2N6O3. The summed E-state index contributed by atoms with van der Waals surface area (Å²) in [5, 5.41) is 5.09. The van der Waals surface area contributed by atoms with Crippen molar-refractivity contribution in [1.29, 1.82) is 0 Å². The van der Waals surface area contributed by atoms with Gasteiger partial charge in [-0.3, -0.25) is 9.48 Å². The molecule has 0 N–H and O–H groups in total. The summed E-state index contributed by atoms with van der Waals surface area (Å²) in [5.74, 6) is 0. The number of benzene rings is 2. The van der Waals surface area contributed by atoms with Crippen molar-refractivity contribution in [2.45, 2.75) is 52.6 Å². The molecule has 0 saturated carbocycles. The number of carbonyl (C=O) groups excluding carboxylic acids is 1. The van der Waals surface area contributed by atoms with E-state index in [0.717, 1.165) is 46.4 Å². The molecule has 0 unspecified atom stereocenters. The smallest absolute Gasteiger partial charge is 0.410 e. The summed E-state index contributed by atoms with van der Waals surface area (Å²) in [6, 6.07) is 9.55. The monoisotopic (exact) mass is 618 g/mol. The molecule has 4 aromatic rings. The lowest BCUT2D eigenvalue weighted by molar-refractivity contribution is 0.0240. The van der Waals surface area contributed by atoms with Gasteiger partial charge in [-0.2, -0.15) is 5.10 Å². The number of hydrogen-bond acceptors (Lipinski definition) is 6. The third kappa shape index (κ3) is 5.87. The fourth-order valence-electron chi connectivity index (χ4n) is 6.46. The van der Waals surface area contributed by atoms with Gasteiger partial charge in [-0.15, -0.1) is 0 Å². The number of aryl methyl sites for hydroxylation is 4. The van der Waals surface area contributed by atoms with E-state index in [-0.39, 0.29) is 17.2 Å². The Hall–Kier alpha value is -4.41. The molecular weight excluding hydrogens is 578 g/mol. The van der Waals surface area contributed by atoms with E-state index in [0.29, 0.717) is 49.4 Å². The third-order valence-electron chi connectivity index (χ3n) is 8.69. The van der Waals surface area contributed by atoms with Crippen molar-refractivity contribution in [3.05, 3.63) is 69.8 Å². The Bertz CT molecular complexity index is 1830. The molecule has 45 heavy (non-hydrogen) atoms. The van der Waals surface area contributed by atoms with E-state index in [2.05, 4.69) is 21.0 Å². The first-order chi connectivity index (χ1) is 21.3. The SMILES string of the molecule is Cc1cc2c(N3CCCc4cc(-c5cnn(C)c5)c(C(F)F)cc43)cc(N3CCN(C(=O)OC(C)(C)C)CC3)cc2n(C)c1=O. The average Bonchev–Trinajstić information content (AvgIpc) is 3.44. The summed E-state index contributed by atoms with van der Waals surface area (Å²) in [6.45, 7) is 10.2. The maximum Gasteiger partial charge on any atom is 0.410 e. The number of alkyl halides is 2. The van der Waals surface area contributed by atoms with Crippen LogP contribution in [0.3, 0.4) is 0 Å². The van der Waals surface area contributed by atoms with Crippen LogP contribution in [0.25, 0.3) is 22.0 Å². The van der Waals surface area contributed by atoms with Crippen LogP contribution >= 0.6 is 0 Å². The number of amides is 1. The lowest BCUT2D eigenvalue weighted by atomic mass is 9.92. The lowest BCUT2D eigenvalue weighted by Crippen LogP contribution is -2.50. The number of hydrogen-bond donors (Lipinski definition) is 0. The number of aromatic nitrogens is 3. The maximum absolute atomic E-state index is 14.6. The zero-order valence-electron chi connectivity index (χ0n) is 26.7. The van der Waals surface area contributed by atoms with Crippen LogP contribution in [0.5, 0.6) is 0 Å². The molecule has 0 atom stereocenters. The van der Waals surface area contributed by atoms with E-state index < -0.39 is 12.0 Å². The van der Waals surface area contributed by atoms with E-state index in [1.807, 2.05) is 39.0 Å². The van der Waals surface area contributed by atoms with E-state index in [4.69, 9.17) is 4.74 Å². The Kier molecular flexibility index (Phi) is 7.82. The van der Waals surface area contributed by atoms with Crippen LogP contribution in [0.2, 0.25) is 0 Å². The number of anilines is 3. The summed E-state index contributed by atoms with van der Waals surface area (Å²) in [6.07, 6.45) is 2.00. The van der Waals surface area contributed by atoms with Crippen molar-refractivity contribution in [3.8, 4) is 11.1 Å². The molecule has 2 aliphatic heterocycles. The molecule has 2 aromatic carbocycles. The highest BCUT2D eigenvalue weighted by Gasteiger charge is 2.29. The molecule has 0 bridgehead atoms. The largest absolute Gasteiger partial charge is 0.444 e. The molecule has 238 valence electrons. The van der Waals surface area contributed by atoms with Gasteiger partial charge in [-0.05, 0) is 82.0 Å². The standard InChI is InChI=1S/C34H40F2N6O3/c1-21-14-27-29(39(6)32(21)43)16-24(40-10-12-41(13-11-40)33(44)45-34(2,3)4)17-30(27)42-9-7-8-22-15-25(23-19-37-38(5)20-23)26(31(35)36)18-28(22)42/h14-20,31H,7-13H2,1-6H3. The van der Waals surface area contributed by atoms with Crippen LogP contribution in [0.1, 0.15) is 50.3 Å². The third-order valence-corrected chi connectivity index (χ3v) is 8.69. The molecule has 2 aliphatic rings. The van der Waals surface area contributed by atoms with Gasteiger partial charge < -0.3 is 24.0 Å². The number of fused-ring (bicyclic) bond motifs is 2. The Labute approximate surface area is 261 Å². The molecule has 9 nitrogen and oxygen atoms in total. The average molecular weight is 619 g/mol. The lowest BCUT2D eigenvalue weighted by Gasteiger charge is -2.38. The van der Waals surface area contributed by atoms with Crippen molar-refractivity contribution in [2.24, 2.45) is 14.1 Å². The Balaban J connectivity index is 1.44. The minimum absolute atomic E-state index is 0.0315. The first kappa shape index (κ1) is 30.6. The second-order valence-electron chi connectivity index (χ2n) is 13.1. The van der Waals surface area contributed by atoms with Gasteiger partial charge in [0.05, 0.1) is 17.4 Å². The molecule has 2 aromatic heterocycles. The van der Waals surface area contributed by atoms with Gasteiger partial charge >= 0.3 is 6.09 Å². The fourth-order valence-corrected chi connectivity index (χ4v) is 6.46. The van der Waals surface area contributed by atoms with E-state index in [9.17, 15) is 18.4 Å². The molecule has 0 radical (unpaired) electrons. The zero-order chi connectivity index (χ0) is 32.2. The van der Waals surface area contributed by atoms with Crippen LogP contribution in [0.15, 0.2) is 47.5 Å². The minimum Gasteiger partial charge on any atom is -0.444 e. The molecule has 0 spiro atoms. The Morgan fingerprint density at radius 2 is 1.71 bits per heavy atom. The van der Waals surface area contributed by atoms with E-state index in [1.54, 1.807) is 53.6 Å². The Morgan fingerprint density at radius 1 is 0.978 bits per heavy atom. The molecule has 6 rings (SSSR count). The van der Waals surface area contributed by atoms with Crippen molar-refractivity contribution in [2.75, 3.05) is 42.5 Å². The topological polar surface area (TPSA) is 75.8 Å². The maximum atomic E-state index is 14.6. The van der Waals surface area contributed by atoms with Crippen molar-refractivity contribution >= 4 is 34.1 Å². The summed E-state index contributed by atoms with van der Waals surface area (Å²) in [4.78, 5) is 31.8. The van der Waals surface area contributed by atoms with Crippen LogP contribution < -0.4 is 15.4 Å². The van der Waals surface area contributed by atoms with Crippen LogP contribution in [0.4, 0.5) is 30.6 Å². The van der Waals surface area contributed by atoms with Gasteiger partial charge in [0.1, 0.15) is 5.60 Å². The molecule has 0 aliphatic carbocycles. The summed E-state index contributed by atoms with van der Waals surface area (Å²) >= 11 is 0. The highest BCUT2D eigenvalue weighted by Crippen LogP contribution is 2.44. The molecule has 11 heteroatoms.